The van der Waals surface area contributed by atoms with Crippen LogP contribution in [-0.2, 0) is 22.6 Å². The minimum absolute atomic E-state index is 0.124. The second-order valence-corrected chi connectivity index (χ2v) is 10.6. The van der Waals surface area contributed by atoms with Crippen molar-refractivity contribution in [1.29, 1.82) is 0 Å². The lowest BCUT2D eigenvalue weighted by molar-refractivity contribution is -0.141. The van der Waals surface area contributed by atoms with Crippen molar-refractivity contribution in [2.45, 2.75) is 44.2 Å². The summed E-state index contributed by atoms with van der Waals surface area (Å²) in [5, 5.41) is 3.67. The molecule has 0 spiro atoms. The number of halogens is 2. The number of nitrogens with zero attached hydrogens (tertiary/aromatic N) is 1. The average Bonchev–Trinajstić information content (AvgIpc) is 2.87. The molecule has 0 radical (unpaired) electrons. The zero-order valence-electron chi connectivity index (χ0n) is 20.6. The van der Waals surface area contributed by atoms with Gasteiger partial charge in [0, 0.05) is 41.6 Å². The third kappa shape index (κ3) is 8.99. The van der Waals surface area contributed by atoms with Crippen LogP contribution in [0.4, 0.5) is 4.39 Å². The van der Waals surface area contributed by atoms with Gasteiger partial charge in [-0.1, -0.05) is 67.9 Å². The summed E-state index contributed by atoms with van der Waals surface area (Å²) in [4.78, 5) is 29.6. The Balaban J connectivity index is 1.82. The van der Waals surface area contributed by atoms with Gasteiger partial charge in [-0.3, -0.25) is 9.59 Å². The third-order valence-electron chi connectivity index (χ3n) is 5.62. The monoisotopic (exact) mass is 526 g/mol. The summed E-state index contributed by atoms with van der Waals surface area (Å²) in [6, 6.07) is 22.5. The molecular weight excluding hydrogens is 495 g/mol. The summed E-state index contributed by atoms with van der Waals surface area (Å²) < 4.78 is 13.5. The van der Waals surface area contributed by atoms with Crippen molar-refractivity contribution in [3.05, 3.63) is 101 Å². The highest BCUT2D eigenvalue weighted by atomic mass is 35.5. The molecule has 3 rings (SSSR count). The van der Waals surface area contributed by atoms with Crippen molar-refractivity contribution in [3.8, 4) is 0 Å². The Bertz CT molecular complexity index is 1110. The Labute approximate surface area is 222 Å². The molecule has 1 atom stereocenters. The fourth-order valence-electron chi connectivity index (χ4n) is 3.69. The molecule has 4 nitrogen and oxygen atoms in total. The molecule has 7 heteroatoms. The number of hydrogen-bond donors (Lipinski definition) is 1. The number of amides is 2. The van der Waals surface area contributed by atoms with Crippen molar-refractivity contribution in [1.82, 2.24) is 10.2 Å². The van der Waals surface area contributed by atoms with Gasteiger partial charge in [-0.05, 0) is 53.4 Å². The maximum atomic E-state index is 13.6. The second kappa shape index (κ2) is 14.0. The van der Waals surface area contributed by atoms with Gasteiger partial charge in [0.05, 0.1) is 0 Å². The molecule has 0 unspecified atom stereocenters. The summed E-state index contributed by atoms with van der Waals surface area (Å²) in [6.07, 6.45) is 0.652. The molecule has 190 valence electrons. The highest BCUT2D eigenvalue weighted by molar-refractivity contribution is 7.99. The highest BCUT2D eigenvalue weighted by Crippen LogP contribution is 2.22. The lowest BCUT2D eigenvalue weighted by Crippen LogP contribution is -2.51. The molecule has 0 aliphatic rings. The van der Waals surface area contributed by atoms with E-state index in [1.165, 1.54) is 12.1 Å². The molecule has 0 bridgehead atoms. The normalized spacial score (nSPS) is 11.8. The van der Waals surface area contributed by atoms with Crippen molar-refractivity contribution < 1.29 is 14.0 Å². The predicted octanol–water partition coefficient (Wildman–Crippen LogP) is 6.37. The van der Waals surface area contributed by atoms with E-state index in [-0.39, 0.29) is 36.5 Å². The number of carbonyl (C=O) groups is 2. The van der Waals surface area contributed by atoms with Gasteiger partial charge in [-0.2, -0.15) is 0 Å². The van der Waals surface area contributed by atoms with Gasteiger partial charge in [-0.25, -0.2) is 4.39 Å². The van der Waals surface area contributed by atoms with Crippen LogP contribution in [0.1, 0.15) is 31.4 Å². The van der Waals surface area contributed by atoms with E-state index in [9.17, 15) is 14.0 Å². The summed E-state index contributed by atoms with van der Waals surface area (Å²) in [5.74, 6) is 0.191. The highest BCUT2D eigenvalue weighted by Gasteiger charge is 2.30. The first-order chi connectivity index (χ1) is 17.3. The van der Waals surface area contributed by atoms with Gasteiger partial charge >= 0.3 is 0 Å². The zero-order chi connectivity index (χ0) is 25.9. The van der Waals surface area contributed by atoms with Gasteiger partial charge in [0.1, 0.15) is 11.9 Å². The Morgan fingerprint density at radius 3 is 2.25 bits per heavy atom. The summed E-state index contributed by atoms with van der Waals surface area (Å²) in [6.45, 7) is 4.80. The number of hydrogen-bond acceptors (Lipinski definition) is 3. The lowest BCUT2D eigenvalue weighted by Gasteiger charge is -2.32. The largest absolute Gasteiger partial charge is 0.354 e. The zero-order valence-corrected chi connectivity index (χ0v) is 22.2. The molecule has 36 heavy (non-hydrogen) atoms. The molecule has 0 aliphatic heterocycles. The molecule has 3 aromatic carbocycles. The quantitative estimate of drug-likeness (QED) is 0.279. The molecule has 2 amide bonds. The van der Waals surface area contributed by atoms with Crippen molar-refractivity contribution in [2.24, 2.45) is 5.92 Å². The van der Waals surface area contributed by atoms with E-state index in [1.54, 1.807) is 28.8 Å². The molecule has 0 aromatic heterocycles. The van der Waals surface area contributed by atoms with Crippen LogP contribution < -0.4 is 5.32 Å². The minimum Gasteiger partial charge on any atom is -0.354 e. The van der Waals surface area contributed by atoms with E-state index in [0.29, 0.717) is 23.7 Å². The maximum absolute atomic E-state index is 13.6. The molecule has 0 saturated carbocycles. The molecule has 0 saturated heterocycles. The summed E-state index contributed by atoms with van der Waals surface area (Å²) in [5.41, 5.74) is 1.74. The van der Waals surface area contributed by atoms with Crippen LogP contribution in [0, 0.1) is 11.7 Å². The number of carbonyl (C=O) groups excluding carboxylic acids is 2. The number of thioether (sulfide) groups is 1. The lowest BCUT2D eigenvalue weighted by atomic mass is 10.0. The van der Waals surface area contributed by atoms with E-state index in [0.717, 1.165) is 16.0 Å². The van der Waals surface area contributed by atoms with Crippen LogP contribution in [0.5, 0.6) is 0 Å². The number of benzene rings is 3. The number of rotatable bonds is 12. The second-order valence-electron chi connectivity index (χ2n) is 9.05. The van der Waals surface area contributed by atoms with Gasteiger partial charge < -0.3 is 10.2 Å². The van der Waals surface area contributed by atoms with E-state index in [4.69, 9.17) is 11.6 Å². The van der Waals surface area contributed by atoms with E-state index >= 15 is 0 Å². The first kappa shape index (κ1) is 27.8. The van der Waals surface area contributed by atoms with Crippen LogP contribution in [0.2, 0.25) is 5.02 Å². The maximum Gasteiger partial charge on any atom is 0.243 e. The topological polar surface area (TPSA) is 49.4 Å². The minimum atomic E-state index is -0.691. The van der Waals surface area contributed by atoms with Crippen LogP contribution >= 0.6 is 23.4 Å². The smallest absolute Gasteiger partial charge is 0.243 e. The Kier molecular flexibility index (Phi) is 10.8. The van der Waals surface area contributed by atoms with Gasteiger partial charge in [-0.15, -0.1) is 11.8 Å². The summed E-state index contributed by atoms with van der Waals surface area (Å²) >= 11 is 7.53. The summed E-state index contributed by atoms with van der Waals surface area (Å²) in [7, 11) is 0. The molecule has 0 fully saturated rings. The third-order valence-corrected chi connectivity index (χ3v) is 6.89. The van der Waals surface area contributed by atoms with Crippen LogP contribution in [-0.4, -0.2) is 35.1 Å². The Hall–Kier alpha value is -2.83. The van der Waals surface area contributed by atoms with Crippen LogP contribution in [0.15, 0.2) is 83.8 Å². The molecule has 0 heterocycles. The van der Waals surface area contributed by atoms with E-state index < -0.39 is 6.04 Å². The standard InChI is InChI=1S/C29H32ClFN2O2S/c1-21(2)19-32-29(35)27(18-22-6-4-3-5-7-22)33(20-23-8-12-25(31)13-9-23)28(34)16-17-36-26-14-10-24(30)11-15-26/h3-15,21,27H,16-20H2,1-2H3,(H,32,35)/t27-/m1/s1. The van der Waals surface area contributed by atoms with E-state index in [1.807, 2.05) is 68.4 Å². The first-order valence-corrected chi connectivity index (χ1v) is 13.4. The molecular formula is C29H32ClFN2O2S. The fraction of sp³-hybridized carbons (Fsp3) is 0.310. The van der Waals surface area contributed by atoms with Crippen molar-refractivity contribution in [2.75, 3.05) is 12.3 Å². The molecule has 0 aliphatic carbocycles. The van der Waals surface area contributed by atoms with Gasteiger partial charge in [0.15, 0.2) is 0 Å². The average molecular weight is 527 g/mol. The first-order valence-electron chi connectivity index (χ1n) is 12.1. The van der Waals surface area contributed by atoms with Gasteiger partial charge in [0.25, 0.3) is 0 Å². The van der Waals surface area contributed by atoms with Crippen molar-refractivity contribution >= 4 is 35.2 Å². The van der Waals surface area contributed by atoms with Crippen molar-refractivity contribution in [3.63, 3.8) is 0 Å². The van der Waals surface area contributed by atoms with Crippen LogP contribution in [0.25, 0.3) is 0 Å². The Morgan fingerprint density at radius 1 is 0.944 bits per heavy atom. The van der Waals surface area contributed by atoms with Crippen LogP contribution in [0.3, 0.4) is 0 Å². The molecule has 1 N–H and O–H groups in total. The Morgan fingerprint density at radius 2 is 1.61 bits per heavy atom. The fourth-order valence-corrected chi connectivity index (χ4v) is 4.66. The van der Waals surface area contributed by atoms with E-state index in [2.05, 4.69) is 5.32 Å². The SMILES string of the molecule is CC(C)CNC(=O)[C@@H](Cc1ccccc1)N(Cc1ccc(F)cc1)C(=O)CCSc1ccc(Cl)cc1. The molecule has 3 aromatic rings. The predicted molar refractivity (Wildman–Crippen MR) is 146 cm³/mol. The number of nitrogens with one attached hydrogen (secondary N) is 1. The van der Waals surface area contributed by atoms with Gasteiger partial charge in [0.2, 0.25) is 11.8 Å².